The van der Waals surface area contributed by atoms with E-state index in [1.165, 1.54) is 22.8 Å². The Morgan fingerprint density at radius 1 is 1.36 bits per heavy atom. The van der Waals surface area contributed by atoms with Crippen LogP contribution in [0.15, 0.2) is 47.4 Å². The van der Waals surface area contributed by atoms with Crippen molar-refractivity contribution in [3.8, 4) is 0 Å². The zero-order valence-corrected chi connectivity index (χ0v) is 16.6. The molecule has 0 radical (unpaired) electrons. The Bertz CT molecular complexity index is 862. The van der Waals surface area contributed by atoms with E-state index >= 15 is 0 Å². The third kappa shape index (κ3) is 5.78. The molecule has 0 saturated carbocycles. The molecule has 1 amide bonds. The van der Waals surface area contributed by atoms with Crippen LogP contribution in [-0.2, 0) is 16.1 Å². The first kappa shape index (κ1) is 22.4. The molecule has 9 heteroatoms. The monoisotopic (exact) mass is 429 g/mol. The van der Waals surface area contributed by atoms with Gasteiger partial charge in [0.2, 0.25) is 5.91 Å². The van der Waals surface area contributed by atoms with Crippen LogP contribution in [0.5, 0.6) is 0 Å². The number of carbonyl (C=O) groups is 1. The number of hydrogen-bond donors (Lipinski definition) is 2. The van der Waals surface area contributed by atoms with Gasteiger partial charge in [-0.3, -0.25) is 9.59 Å². The second-order valence-electron chi connectivity index (χ2n) is 6.40. The van der Waals surface area contributed by atoms with Crippen molar-refractivity contribution in [2.24, 2.45) is 5.92 Å². The minimum absolute atomic E-state index is 0. The third-order valence-corrected chi connectivity index (χ3v) is 4.76. The van der Waals surface area contributed by atoms with E-state index in [1.807, 2.05) is 0 Å². The molecule has 28 heavy (non-hydrogen) atoms. The molecule has 6 nitrogen and oxygen atoms in total. The van der Waals surface area contributed by atoms with Gasteiger partial charge in [0.1, 0.15) is 12.4 Å². The lowest BCUT2D eigenvalue weighted by molar-refractivity contribution is -0.122. The maximum atomic E-state index is 13.9. The van der Waals surface area contributed by atoms with Crippen LogP contribution in [0.1, 0.15) is 11.7 Å². The number of hydrogen-bond acceptors (Lipinski definition) is 4. The molecule has 1 aromatic heterocycles. The second kappa shape index (κ2) is 10.6. The van der Waals surface area contributed by atoms with Crippen molar-refractivity contribution in [3.63, 3.8) is 0 Å². The van der Waals surface area contributed by atoms with Gasteiger partial charge in [0.25, 0.3) is 5.56 Å². The summed E-state index contributed by atoms with van der Waals surface area (Å²) < 4.78 is 21.1. The lowest BCUT2D eigenvalue weighted by Crippen LogP contribution is -2.39. The minimum atomic E-state index is -0.499. The van der Waals surface area contributed by atoms with Gasteiger partial charge < -0.3 is 19.9 Å². The van der Waals surface area contributed by atoms with Crippen LogP contribution in [-0.4, -0.2) is 36.7 Å². The summed E-state index contributed by atoms with van der Waals surface area (Å²) in [6, 6.07) is 9.34. The van der Waals surface area contributed by atoms with Crippen molar-refractivity contribution in [2.75, 3.05) is 26.2 Å². The predicted molar refractivity (Wildman–Crippen MR) is 107 cm³/mol. The molecule has 0 unspecified atom stereocenters. The number of rotatable bonds is 5. The molecule has 0 bridgehead atoms. The van der Waals surface area contributed by atoms with Crippen molar-refractivity contribution >= 4 is 29.9 Å². The highest BCUT2D eigenvalue weighted by Gasteiger charge is 2.27. The summed E-state index contributed by atoms with van der Waals surface area (Å²) in [5.41, 5.74) is 0.445. The van der Waals surface area contributed by atoms with Crippen molar-refractivity contribution in [1.82, 2.24) is 15.2 Å². The molecule has 1 fully saturated rings. The molecule has 1 aliphatic rings. The summed E-state index contributed by atoms with van der Waals surface area (Å²) in [6.45, 7) is 2.05. The molecule has 1 saturated heterocycles. The van der Waals surface area contributed by atoms with Gasteiger partial charge in [0, 0.05) is 37.8 Å². The van der Waals surface area contributed by atoms with E-state index in [-0.39, 0.29) is 47.5 Å². The lowest BCUT2D eigenvalue weighted by atomic mass is 9.95. The number of aromatic nitrogens is 1. The molecular weight excluding hydrogens is 408 g/mol. The smallest absolute Gasteiger partial charge is 0.250 e. The van der Waals surface area contributed by atoms with E-state index in [2.05, 4.69) is 10.6 Å². The number of ether oxygens (including phenoxy) is 1. The van der Waals surface area contributed by atoms with Gasteiger partial charge in [-0.2, -0.15) is 0 Å². The Morgan fingerprint density at radius 2 is 2.18 bits per heavy atom. The Balaban J connectivity index is 0.00000280. The van der Waals surface area contributed by atoms with Gasteiger partial charge in [-0.15, -0.1) is 12.4 Å². The molecule has 0 aliphatic carbocycles. The molecule has 0 spiro atoms. The van der Waals surface area contributed by atoms with Gasteiger partial charge in [-0.25, -0.2) is 4.39 Å². The van der Waals surface area contributed by atoms with E-state index in [9.17, 15) is 14.0 Å². The SMILES string of the molecule is Cl.O=C(Cn1ccccc1=O)NC[C@@H]1CNCCO[C@H]1c1ccc(Cl)c(F)c1. The summed E-state index contributed by atoms with van der Waals surface area (Å²) in [6.07, 6.45) is 1.20. The average molecular weight is 430 g/mol. The predicted octanol–water partition coefficient (Wildman–Crippen LogP) is 2.16. The Kier molecular flexibility index (Phi) is 8.44. The van der Waals surface area contributed by atoms with E-state index in [0.717, 1.165) is 0 Å². The number of nitrogens with zero attached hydrogens (tertiary/aromatic N) is 1. The first-order chi connectivity index (χ1) is 13.0. The fourth-order valence-corrected chi connectivity index (χ4v) is 3.19. The molecular formula is C19H22Cl2FN3O3. The van der Waals surface area contributed by atoms with Gasteiger partial charge in [-0.1, -0.05) is 23.7 Å². The van der Waals surface area contributed by atoms with Crippen LogP contribution in [0.2, 0.25) is 5.02 Å². The van der Waals surface area contributed by atoms with Crippen molar-refractivity contribution < 1.29 is 13.9 Å². The van der Waals surface area contributed by atoms with E-state index in [1.54, 1.807) is 24.4 Å². The topological polar surface area (TPSA) is 72.4 Å². The minimum Gasteiger partial charge on any atom is -0.372 e. The van der Waals surface area contributed by atoms with E-state index < -0.39 is 5.82 Å². The highest BCUT2D eigenvalue weighted by Crippen LogP contribution is 2.29. The summed E-state index contributed by atoms with van der Waals surface area (Å²) in [4.78, 5) is 23.9. The normalized spacial score (nSPS) is 19.4. The van der Waals surface area contributed by atoms with Crippen LogP contribution < -0.4 is 16.2 Å². The summed E-state index contributed by atoms with van der Waals surface area (Å²) in [5.74, 6) is -0.862. The fraction of sp³-hybridized carbons (Fsp3) is 0.368. The summed E-state index contributed by atoms with van der Waals surface area (Å²) in [7, 11) is 0. The zero-order valence-electron chi connectivity index (χ0n) is 15.1. The van der Waals surface area contributed by atoms with E-state index in [0.29, 0.717) is 31.8 Å². The van der Waals surface area contributed by atoms with Crippen molar-refractivity contribution in [3.05, 3.63) is 69.4 Å². The fourth-order valence-electron chi connectivity index (χ4n) is 3.07. The number of benzene rings is 1. The van der Waals surface area contributed by atoms with Crippen LogP contribution in [0.25, 0.3) is 0 Å². The van der Waals surface area contributed by atoms with Gasteiger partial charge in [-0.05, 0) is 23.8 Å². The van der Waals surface area contributed by atoms with Crippen LogP contribution in [0.4, 0.5) is 4.39 Å². The maximum Gasteiger partial charge on any atom is 0.250 e. The second-order valence-corrected chi connectivity index (χ2v) is 6.81. The number of pyridine rings is 1. The molecule has 1 aliphatic heterocycles. The standard InChI is InChI=1S/C19H21ClFN3O3.ClH/c20-15-5-4-13(9-16(15)21)19-14(10-22-6-8-27-19)11-23-17(25)12-24-7-2-1-3-18(24)26;/h1-5,7,9,14,19,22H,6,8,10-12H2,(H,23,25);1H/t14-,19-;/m0./s1. The number of halogens is 3. The third-order valence-electron chi connectivity index (χ3n) is 4.46. The first-order valence-corrected chi connectivity index (χ1v) is 9.12. The quantitative estimate of drug-likeness (QED) is 0.763. The molecule has 3 rings (SSSR count). The molecule has 2 aromatic rings. The van der Waals surface area contributed by atoms with Crippen LogP contribution >= 0.6 is 24.0 Å². The Labute approximate surface area is 173 Å². The number of amides is 1. The molecule has 2 heterocycles. The molecule has 2 N–H and O–H groups in total. The Morgan fingerprint density at radius 3 is 2.93 bits per heavy atom. The number of nitrogens with one attached hydrogen (secondary N) is 2. The average Bonchev–Trinajstić information content (AvgIpc) is 2.90. The summed E-state index contributed by atoms with van der Waals surface area (Å²) in [5, 5.41) is 6.16. The zero-order chi connectivity index (χ0) is 19.2. The highest BCUT2D eigenvalue weighted by molar-refractivity contribution is 6.30. The maximum absolute atomic E-state index is 13.9. The first-order valence-electron chi connectivity index (χ1n) is 8.74. The largest absolute Gasteiger partial charge is 0.372 e. The molecule has 2 atom stereocenters. The van der Waals surface area contributed by atoms with Crippen LogP contribution in [0, 0.1) is 11.7 Å². The van der Waals surface area contributed by atoms with Gasteiger partial charge >= 0.3 is 0 Å². The van der Waals surface area contributed by atoms with Gasteiger partial charge in [0.05, 0.1) is 17.7 Å². The molecule has 1 aromatic carbocycles. The highest BCUT2D eigenvalue weighted by atomic mass is 35.5. The van der Waals surface area contributed by atoms with E-state index in [4.69, 9.17) is 16.3 Å². The Hall–Kier alpha value is -1.93. The number of carbonyl (C=O) groups excluding carboxylic acids is 1. The van der Waals surface area contributed by atoms with Crippen LogP contribution in [0.3, 0.4) is 0 Å². The van der Waals surface area contributed by atoms with Crippen molar-refractivity contribution in [2.45, 2.75) is 12.6 Å². The lowest BCUT2D eigenvalue weighted by Gasteiger charge is -2.25. The molecule has 152 valence electrons. The van der Waals surface area contributed by atoms with Gasteiger partial charge in [0.15, 0.2) is 0 Å². The van der Waals surface area contributed by atoms with Crippen molar-refractivity contribution in [1.29, 1.82) is 0 Å². The summed E-state index contributed by atoms with van der Waals surface area (Å²) >= 11 is 5.77.